The smallest absolute Gasteiger partial charge is 0.213 e. The van der Waals surface area contributed by atoms with Crippen LogP contribution in [-0.4, -0.2) is 11.1 Å². The zero-order chi connectivity index (χ0) is 10.7. The Bertz CT molecular complexity index is 304. The van der Waals surface area contributed by atoms with E-state index in [-0.39, 0.29) is 11.9 Å². The highest BCUT2D eigenvalue weighted by Crippen LogP contribution is 2.26. The van der Waals surface area contributed by atoms with Gasteiger partial charge in [-0.1, -0.05) is 6.92 Å². The summed E-state index contributed by atoms with van der Waals surface area (Å²) in [5.41, 5.74) is 0. The van der Waals surface area contributed by atoms with Gasteiger partial charge in [-0.15, -0.1) is 0 Å². The number of nitrogens with zero attached hydrogens (tertiary/aromatic N) is 1. The summed E-state index contributed by atoms with van der Waals surface area (Å²) in [6.07, 6.45) is 6.05. The highest BCUT2D eigenvalue weighted by atomic mass is 19.1. The van der Waals surface area contributed by atoms with Crippen molar-refractivity contribution in [3.63, 3.8) is 0 Å². The summed E-state index contributed by atoms with van der Waals surface area (Å²) < 4.78 is 18.3. The summed E-state index contributed by atoms with van der Waals surface area (Å²) >= 11 is 0. The third-order valence-corrected chi connectivity index (χ3v) is 2.95. The maximum absolute atomic E-state index is 12.6. The molecule has 1 aromatic heterocycles. The van der Waals surface area contributed by atoms with Crippen molar-refractivity contribution in [2.45, 2.75) is 38.7 Å². The fourth-order valence-electron chi connectivity index (χ4n) is 1.95. The molecule has 15 heavy (non-hydrogen) atoms. The lowest BCUT2D eigenvalue weighted by atomic mass is 9.89. The Morgan fingerprint density at radius 2 is 2.00 bits per heavy atom. The van der Waals surface area contributed by atoms with Crippen LogP contribution in [-0.2, 0) is 0 Å². The zero-order valence-corrected chi connectivity index (χ0v) is 8.95. The zero-order valence-electron chi connectivity index (χ0n) is 8.95. The van der Waals surface area contributed by atoms with Gasteiger partial charge in [-0.25, -0.2) is 9.37 Å². The van der Waals surface area contributed by atoms with Gasteiger partial charge in [-0.3, -0.25) is 0 Å². The minimum absolute atomic E-state index is 0.263. The van der Waals surface area contributed by atoms with Gasteiger partial charge in [0.1, 0.15) is 11.9 Å². The van der Waals surface area contributed by atoms with Crippen LogP contribution in [0.5, 0.6) is 5.88 Å². The normalized spacial score (nSPS) is 26.3. The van der Waals surface area contributed by atoms with E-state index >= 15 is 0 Å². The van der Waals surface area contributed by atoms with Crippen LogP contribution in [0, 0.1) is 11.7 Å². The van der Waals surface area contributed by atoms with Crippen LogP contribution in [0.1, 0.15) is 32.6 Å². The number of aromatic nitrogens is 1. The molecule has 2 nitrogen and oxygen atoms in total. The first-order valence-corrected chi connectivity index (χ1v) is 5.52. The van der Waals surface area contributed by atoms with E-state index < -0.39 is 0 Å². The lowest BCUT2D eigenvalue weighted by Gasteiger charge is -2.26. The maximum Gasteiger partial charge on any atom is 0.213 e. The van der Waals surface area contributed by atoms with E-state index in [1.54, 1.807) is 6.07 Å². The third-order valence-electron chi connectivity index (χ3n) is 2.95. The van der Waals surface area contributed by atoms with E-state index in [1.165, 1.54) is 25.1 Å². The van der Waals surface area contributed by atoms with Gasteiger partial charge < -0.3 is 4.74 Å². The number of pyridine rings is 1. The molecule has 1 fully saturated rings. The van der Waals surface area contributed by atoms with Crippen LogP contribution >= 0.6 is 0 Å². The topological polar surface area (TPSA) is 22.1 Å². The molecule has 0 aromatic carbocycles. The van der Waals surface area contributed by atoms with Crippen molar-refractivity contribution in [1.29, 1.82) is 0 Å². The van der Waals surface area contributed by atoms with Crippen molar-refractivity contribution in [1.82, 2.24) is 4.98 Å². The van der Waals surface area contributed by atoms with Crippen LogP contribution in [0.4, 0.5) is 4.39 Å². The lowest BCUT2D eigenvalue weighted by Crippen LogP contribution is -2.23. The number of rotatable bonds is 2. The van der Waals surface area contributed by atoms with Crippen LogP contribution in [0.15, 0.2) is 18.3 Å². The van der Waals surface area contributed by atoms with Gasteiger partial charge in [0.25, 0.3) is 0 Å². The number of hydrogen-bond acceptors (Lipinski definition) is 2. The van der Waals surface area contributed by atoms with Crippen LogP contribution in [0.2, 0.25) is 0 Å². The molecular formula is C12H16FNO. The molecule has 0 unspecified atom stereocenters. The Morgan fingerprint density at radius 3 is 2.60 bits per heavy atom. The van der Waals surface area contributed by atoms with Crippen molar-refractivity contribution in [2.24, 2.45) is 5.92 Å². The molecule has 0 spiro atoms. The van der Waals surface area contributed by atoms with E-state index in [0.717, 1.165) is 18.8 Å². The second-order valence-corrected chi connectivity index (χ2v) is 4.31. The van der Waals surface area contributed by atoms with Crippen LogP contribution < -0.4 is 4.74 Å². The van der Waals surface area contributed by atoms with E-state index in [9.17, 15) is 4.39 Å². The molecule has 3 heteroatoms. The standard InChI is InChI=1S/C12H16FNO/c1-9-2-5-11(6-3-9)15-12-7-4-10(13)8-14-12/h4,7-9,11H,2-3,5-6H2,1H3/t9-,11-. The average Bonchev–Trinajstić information content (AvgIpc) is 2.25. The molecule has 82 valence electrons. The molecular weight excluding hydrogens is 193 g/mol. The summed E-state index contributed by atoms with van der Waals surface area (Å²) in [4.78, 5) is 3.89. The molecule has 0 radical (unpaired) electrons. The molecule has 0 amide bonds. The van der Waals surface area contributed by atoms with E-state index in [4.69, 9.17) is 4.74 Å². The first-order chi connectivity index (χ1) is 7.24. The molecule has 2 rings (SSSR count). The number of hydrogen-bond donors (Lipinski definition) is 0. The Hall–Kier alpha value is -1.12. The molecule has 1 aliphatic carbocycles. The van der Waals surface area contributed by atoms with Crippen molar-refractivity contribution in [3.8, 4) is 5.88 Å². The first kappa shape index (κ1) is 10.4. The van der Waals surface area contributed by atoms with Crippen molar-refractivity contribution in [3.05, 3.63) is 24.1 Å². The van der Waals surface area contributed by atoms with Crippen LogP contribution in [0.25, 0.3) is 0 Å². The quantitative estimate of drug-likeness (QED) is 0.746. The van der Waals surface area contributed by atoms with Gasteiger partial charge in [-0.2, -0.15) is 0 Å². The highest BCUT2D eigenvalue weighted by molar-refractivity contribution is 5.11. The summed E-state index contributed by atoms with van der Waals surface area (Å²) in [5.74, 6) is 1.03. The fourth-order valence-corrected chi connectivity index (χ4v) is 1.95. The van der Waals surface area contributed by atoms with Gasteiger partial charge in [0, 0.05) is 6.07 Å². The predicted molar refractivity (Wildman–Crippen MR) is 56.2 cm³/mol. The SMILES string of the molecule is C[C@H]1CC[C@H](Oc2ccc(F)cn2)CC1. The summed E-state index contributed by atoms with van der Waals surface area (Å²) in [6, 6.07) is 2.97. The predicted octanol–water partition coefficient (Wildman–Crippen LogP) is 3.18. The molecule has 1 heterocycles. The van der Waals surface area contributed by atoms with Gasteiger partial charge in [0.2, 0.25) is 5.88 Å². The molecule has 0 bridgehead atoms. The molecule has 1 aliphatic rings. The number of halogens is 1. The third kappa shape index (κ3) is 2.91. The Kier molecular flexibility index (Phi) is 3.19. The molecule has 1 aromatic rings. The van der Waals surface area contributed by atoms with E-state index in [2.05, 4.69) is 11.9 Å². The largest absolute Gasteiger partial charge is 0.474 e. The minimum Gasteiger partial charge on any atom is -0.474 e. The van der Waals surface area contributed by atoms with Gasteiger partial charge in [-0.05, 0) is 37.7 Å². The monoisotopic (exact) mass is 209 g/mol. The van der Waals surface area contributed by atoms with Crippen molar-refractivity contribution >= 4 is 0 Å². The fraction of sp³-hybridized carbons (Fsp3) is 0.583. The molecule has 0 N–H and O–H groups in total. The Morgan fingerprint density at radius 1 is 1.27 bits per heavy atom. The molecule has 0 saturated heterocycles. The summed E-state index contributed by atoms with van der Waals surface area (Å²) in [6.45, 7) is 2.27. The van der Waals surface area contributed by atoms with E-state index in [1.807, 2.05) is 0 Å². The summed E-state index contributed by atoms with van der Waals surface area (Å²) in [7, 11) is 0. The van der Waals surface area contributed by atoms with E-state index in [0.29, 0.717) is 5.88 Å². The van der Waals surface area contributed by atoms with Crippen molar-refractivity contribution < 1.29 is 9.13 Å². The van der Waals surface area contributed by atoms with Gasteiger partial charge in [0.05, 0.1) is 6.20 Å². The molecule has 0 atom stereocenters. The second kappa shape index (κ2) is 4.60. The Labute approximate surface area is 89.5 Å². The first-order valence-electron chi connectivity index (χ1n) is 5.52. The lowest BCUT2D eigenvalue weighted by molar-refractivity contribution is 0.130. The number of ether oxygens (including phenoxy) is 1. The van der Waals surface area contributed by atoms with Crippen molar-refractivity contribution in [2.75, 3.05) is 0 Å². The second-order valence-electron chi connectivity index (χ2n) is 4.31. The molecule has 1 saturated carbocycles. The van der Waals surface area contributed by atoms with Gasteiger partial charge in [0.15, 0.2) is 0 Å². The maximum atomic E-state index is 12.6. The Balaban J connectivity index is 1.89. The van der Waals surface area contributed by atoms with Gasteiger partial charge >= 0.3 is 0 Å². The average molecular weight is 209 g/mol. The molecule has 0 aliphatic heterocycles. The van der Waals surface area contributed by atoms with Crippen LogP contribution in [0.3, 0.4) is 0 Å². The summed E-state index contributed by atoms with van der Waals surface area (Å²) in [5, 5.41) is 0. The minimum atomic E-state index is -0.320. The highest BCUT2D eigenvalue weighted by Gasteiger charge is 2.19.